The lowest BCUT2D eigenvalue weighted by Crippen LogP contribution is -2.16. The molecule has 0 radical (unpaired) electrons. The normalized spacial score (nSPS) is 12.0. The molecule has 0 bridgehead atoms. The standard InChI is InChI=1S/C12H12BrClO3/c1-7(14)12(16)8-4-3-5-10(13)9(8)6-11(15)17-2/h3-5,7H,6H2,1-2H3. The summed E-state index contributed by atoms with van der Waals surface area (Å²) in [5.41, 5.74) is 1.06. The van der Waals surface area contributed by atoms with Gasteiger partial charge in [0, 0.05) is 10.0 Å². The molecule has 0 aliphatic carbocycles. The van der Waals surface area contributed by atoms with Crippen LogP contribution in [0.15, 0.2) is 22.7 Å². The molecule has 0 saturated heterocycles. The van der Waals surface area contributed by atoms with Crippen LogP contribution in [0, 0.1) is 0 Å². The molecule has 3 nitrogen and oxygen atoms in total. The van der Waals surface area contributed by atoms with Gasteiger partial charge in [0.25, 0.3) is 0 Å². The minimum atomic E-state index is -0.624. The quantitative estimate of drug-likeness (QED) is 0.487. The summed E-state index contributed by atoms with van der Waals surface area (Å²) >= 11 is 9.10. The predicted octanol–water partition coefficient (Wildman–Crippen LogP) is 2.97. The van der Waals surface area contributed by atoms with Gasteiger partial charge in [0.2, 0.25) is 0 Å². The van der Waals surface area contributed by atoms with Crippen LogP contribution in [0.2, 0.25) is 0 Å². The van der Waals surface area contributed by atoms with Gasteiger partial charge >= 0.3 is 5.97 Å². The molecule has 1 aromatic carbocycles. The maximum atomic E-state index is 11.9. The summed E-state index contributed by atoms with van der Waals surface area (Å²) in [7, 11) is 1.31. The monoisotopic (exact) mass is 318 g/mol. The molecule has 1 rings (SSSR count). The first-order chi connectivity index (χ1) is 7.97. The third-order valence-electron chi connectivity index (χ3n) is 2.29. The summed E-state index contributed by atoms with van der Waals surface area (Å²) in [5.74, 6) is -0.597. The first kappa shape index (κ1) is 14.2. The summed E-state index contributed by atoms with van der Waals surface area (Å²) in [6.45, 7) is 1.60. The molecule has 0 N–H and O–H groups in total. The van der Waals surface area contributed by atoms with Crippen LogP contribution in [-0.4, -0.2) is 24.2 Å². The van der Waals surface area contributed by atoms with Crippen LogP contribution in [0.3, 0.4) is 0 Å². The largest absolute Gasteiger partial charge is 0.469 e. The fraction of sp³-hybridized carbons (Fsp3) is 0.333. The first-order valence-electron chi connectivity index (χ1n) is 4.99. The SMILES string of the molecule is COC(=O)Cc1c(Br)cccc1C(=O)C(C)Cl. The van der Waals surface area contributed by atoms with Crippen molar-refractivity contribution in [2.75, 3.05) is 7.11 Å². The van der Waals surface area contributed by atoms with Gasteiger partial charge in [-0.05, 0) is 18.6 Å². The number of benzene rings is 1. The number of ketones is 1. The Bertz CT molecular complexity index is 443. The summed E-state index contributed by atoms with van der Waals surface area (Å²) in [6.07, 6.45) is 0.0443. The Morgan fingerprint density at radius 3 is 2.65 bits per heavy atom. The van der Waals surface area contributed by atoms with Gasteiger partial charge < -0.3 is 4.74 Å². The number of esters is 1. The summed E-state index contributed by atoms with van der Waals surface area (Å²) in [5, 5.41) is -0.624. The fourth-order valence-electron chi connectivity index (χ4n) is 1.40. The highest BCUT2D eigenvalue weighted by molar-refractivity contribution is 9.10. The van der Waals surface area contributed by atoms with Crippen molar-refractivity contribution in [3.63, 3.8) is 0 Å². The number of alkyl halides is 1. The Labute approximate surface area is 113 Å². The van der Waals surface area contributed by atoms with E-state index in [-0.39, 0.29) is 12.2 Å². The van der Waals surface area contributed by atoms with Gasteiger partial charge in [0.05, 0.1) is 18.9 Å². The lowest BCUT2D eigenvalue weighted by molar-refractivity contribution is -0.139. The molecule has 17 heavy (non-hydrogen) atoms. The van der Waals surface area contributed by atoms with Crippen molar-refractivity contribution in [3.05, 3.63) is 33.8 Å². The maximum Gasteiger partial charge on any atom is 0.310 e. The Balaban J connectivity index is 3.17. The molecule has 0 heterocycles. The van der Waals surface area contributed by atoms with E-state index in [2.05, 4.69) is 20.7 Å². The number of rotatable bonds is 4. The van der Waals surface area contributed by atoms with E-state index in [9.17, 15) is 9.59 Å². The second kappa shape index (κ2) is 6.17. The number of Topliss-reactive ketones (excluding diaryl/α,β-unsaturated/α-hetero) is 1. The highest BCUT2D eigenvalue weighted by Crippen LogP contribution is 2.23. The predicted molar refractivity (Wildman–Crippen MR) is 69.5 cm³/mol. The zero-order valence-electron chi connectivity index (χ0n) is 9.50. The molecule has 5 heteroatoms. The first-order valence-corrected chi connectivity index (χ1v) is 6.22. The van der Waals surface area contributed by atoms with Crippen LogP contribution < -0.4 is 0 Å². The second-order valence-corrected chi connectivity index (χ2v) is 5.01. The van der Waals surface area contributed by atoms with Crippen LogP contribution in [0.1, 0.15) is 22.8 Å². The van der Waals surface area contributed by atoms with Crippen LogP contribution in [0.25, 0.3) is 0 Å². The van der Waals surface area contributed by atoms with Gasteiger partial charge in [-0.2, -0.15) is 0 Å². The number of hydrogen-bond acceptors (Lipinski definition) is 3. The van der Waals surface area contributed by atoms with E-state index in [1.165, 1.54) is 7.11 Å². The van der Waals surface area contributed by atoms with Crippen LogP contribution in [0.4, 0.5) is 0 Å². The minimum Gasteiger partial charge on any atom is -0.469 e. The van der Waals surface area contributed by atoms with Crippen molar-refractivity contribution < 1.29 is 14.3 Å². The van der Waals surface area contributed by atoms with E-state index in [1.54, 1.807) is 25.1 Å². The number of halogens is 2. The van der Waals surface area contributed by atoms with Gasteiger partial charge in [-0.3, -0.25) is 9.59 Å². The average Bonchev–Trinajstić information content (AvgIpc) is 2.30. The third kappa shape index (κ3) is 3.54. The molecule has 0 spiro atoms. The number of hydrogen-bond donors (Lipinski definition) is 0. The minimum absolute atomic E-state index is 0.0443. The Morgan fingerprint density at radius 1 is 1.47 bits per heavy atom. The number of carbonyl (C=O) groups is 2. The van der Waals surface area contributed by atoms with Crippen molar-refractivity contribution in [1.82, 2.24) is 0 Å². The number of ether oxygens (including phenoxy) is 1. The molecule has 1 atom stereocenters. The van der Waals surface area contributed by atoms with Gasteiger partial charge in [0.15, 0.2) is 5.78 Å². The van der Waals surface area contributed by atoms with Crippen molar-refractivity contribution in [2.24, 2.45) is 0 Å². The van der Waals surface area contributed by atoms with Crippen molar-refractivity contribution in [3.8, 4) is 0 Å². The molecular formula is C12H12BrClO3. The molecule has 0 fully saturated rings. The highest BCUT2D eigenvalue weighted by atomic mass is 79.9. The molecule has 1 aromatic rings. The summed E-state index contributed by atoms with van der Waals surface area (Å²) in [4.78, 5) is 23.2. The van der Waals surface area contributed by atoms with E-state index in [0.29, 0.717) is 15.6 Å². The van der Waals surface area contributed by atoms with Crippen molar-refractivity contribution in [2.45, 2.75) is 18.7 Å². The molecule has 0 aromatic heterocycles. The topological polar surface area (TPSA) is 43.4 Å². The Morgan fingerprint density at radius 2 is 2.12 bits per heavy atom. The molecule has 1 unspecified atom stereocenters. The van der Waals surface area contributed by atoms with E-state index in [1.807, 2.05) is 0 Å². The van der Waals surface area contributed by atoms with Crippen molar-refractivity contribution in [1.29, 1.82) is 0 Å². The third-order valence-corrected chi connectivity index (χ3v) is 3.24. The lowest BCUT2D eigenvalue weighted by Gasteiger charge is -2.10. The van der Waals surface area contributed by atoms with E-state index < -0.39 is 11.3 Å². The zero-order valence-corrected chi connectivity index (χ0v) is 11.8. The fourth-order valence-corrected chi connectivity index (χ4v) is 2.02. The van der Waals surface area contributed by atoms with Crippen LogP contribution in [0.5, 0.6) is 0 Å². The second-order valence-electron chi connectivity index (χ2n) is 3.50. The molecular weight excluding hydrogens is 307 g/mol. The maximum absolute atomic E-state index is 11.9. The van der Waals surface area contributed by atoms with Crippen LogP contribution in [-0.2, 0) is 16.0 Å². The van der Waals surface area contributed by atoms with Gasteiger partial charge in [-0.1, -0.05) is 28.1 Å². The van der Waals surface area contributed by atoms with Crippen molar-refractivity contribution >= 4 is 39.3 Å². The van der Waals surface area contributed by atoms with E-state index in [4.69, 9.17) is 11.6 Å². The van der Waals surface area contributed by atoms with Gasteiger partial charge in [-0.25, -0.2) is 0 Å². The van der Waals surface area contributed by atoms with Gasteiger partial charge in [-0.15, -0.1) is 11.6 Å². The van der Waals surface area contributed by atoms with E-state index >= 15 is 0 Å². The molecule has 0 amide bonds. The van der Waals surface area contributed by atoms with Gasteiger partial charge in [0.1, 0.15) is 0 Å². The molecule has 92 valence electrons. The van der Waals surface area contributed by atoms with Crippen LogP contribution >= 0.6 is 27.5 Å². The molecule has 0 saturated carbocycles. The smallest absolute Gasteiger partial charge is 0.310 e. The lowest BCUT2D eigenvalue weighted by atomic mass is 9.99. The molecule has 0 aliphatic rings. The number of methoxy groups -OCH3 is 1. The summed E-state index contributed by atoms with van der Waals surface area (Å²) < 4.78 is 5.30. The van der Waals surface area contributed by atoms with E-state index in [0.717, 1.165) is 0 Å². The number of carbonyl (C=O) groups excluding carboxylic acids is 2. The molecule has 0 aliphatic heterocycles. The average molecular weight is 320 g/mol. The highest BCUT2D eigenvalue weighted by Gasteiger charge is 2.19. The Kier molecular flexibility index (Phi) is 5.15. The summed E-state index contributed by atoms with van der Waals surface area (Å²) in [6, 6.07) is 5.16. The zero-order chi connectivity index (χ0) is 13.0. The Hall–Kier alpha value is -0.870.